The van der Waals surface area contributed by atoms with Gasteiger partial charge in [0.1, 0.15) is 0 Å². The van der Waals surface area contributed by atoms with Gasteiger partial charge in [-0.3, -0.25) is 9.59 Å². The number of hydrogen-bond donors (Lipinski definition) is 1. The van der Waals surface area contributed by atoms with Gasteiger partial charge in [0.05, 0.1) is 32.7 Å². The lowest BCUT2D eigenvalue weighted by Gasteiger charge is -2.26. The van der Waals surface area contributed by atoms with Crippen LogP contribution in [0.1, 0.15) is 114 Å². The minimum absolute atomic E-state index is 0.107. The highest BCUT2D eigenvalue weighted by atomic mass is 16.6. The van der Waals surface area contributed by atoms with E-state index in [1.807, 2.05) is 0 Å². The molecule has 0 spiro atoms. The molecule has 0 heterocycles. The normalized spacial score (nSPS) is 18.0. The van der Waals surface area contributed by atoms with E-state index in [0.717, 1.165) is 19.3 Å². The van der Waals surface area contributed by atoms with Gasteiger partial charge in [0, 0.05) is 0 Å². The summed E-state index contributed by atoms with van der Waals surface area (Å²) < 4.78 is 16.0. The van der Waals surface area contributed by atoms with Gasteiger partial charge in [-0.15, -0.1) is 0 Å². The fourth-order valence-corrected chi connectivity index (χ4v) is 4.04. The average molecular weight is 529 g/mol. The molecule has 0 aliphatic carbocycles. The molecule has 37 heavy (non-hydrogen) atoms. The van der Waals surface area contributed by atoms with Gasteiger partial charge >= 0.3 is 17.9 Å². The van der Waals surface area contributed by atoms with Gasteiger partial charge in [0.2, 0.25) is 0 Å². The number of carbonyl (C=O) groups excluding carboxylic acids is 3. The van der Waals surface area contributed by atoms with Crippen molar-refractivity contribution in [2.45, 2.75) is 119 Å². The van der Waals surface area contributed by atoms with Gasteiger partial charge in [-0.1, -0.05) is 81.6 Å². The van der Waals surface area contributed by atoms with Crippen LogP contribution >= 0.6 is 0 Å². The summed E-state index contributed by atoms with van der Waals surface area (Å²) in [7, 11) is 0. The van der Waals surface area contributed by atoms with E-state index in [1.165, 1.54) is 0 Å². The molecule has 7 heteroatoms. The standard InChI is InChI=1S/C30H56O7/c1-10-21(4)24(7)13-16-35-27(31)19-30(34,29(33)37-18-15-26(9)23(6)12-3)20-28(32)36-17-14-25(8)22(5)11-2/h21-26,34H,10-20H2,1-9H3. The van der Waals surface area contributed by atoms with Crippen molar-refractivity contribution in [2.24, 2.45) is 35.5 Å². The lowest BCUT2D eigenvalue weighted by atomic mass is 9.91. The van der Waals surface area contributed by atoms with Crippen LogP contribution in [0.25, 0.3) is 0 Å². The van der Waals surface area contributed by atoms with E-state index in [9.17, 15) is 19.5 Å². The molecule has 1 N–H and O–H groups in total. The van der Waals surface area contributed by atoms with Crippen molar-refractivity contribution in [3.63, 3.8) is 0 Å². The van der Waals surface area contributed by atoms with Gasteiger partial charge < -0.3 is 19.3 Å². The number of esters is 3. The zero-order valence-electron chi connectivity index (χ0n) is 25.1. The second-order valence-corrected chi connectivity index (χ2v) is 11.4. The molecule has 0 amide bonds. The number of ether oxygens (including phenoxy) is 3. The summed E-state index contributed by atoms with van der Waals surface area (Å²) in [6, 6.07) is 0. The molecule has 6 unspecified atom stereocenters. The summed E-state index contributed by atoms with van der Waals surface area (Å²) in [5.41, 5.74) is -2.32. The highest BCUT2D eigenvalue weighted by Gasteiger charge is 2.43. The van der Waals surface area contributed by atoms with E-state index in [1.54, 1.807) is 0 Å². The van der Waals surface area contributed by atoms with Crippen molar-refractivity contribution in [3.8, 4) is 0 Å². The molecule has 0 fully saturated rings. The third kappa shape index (κ3) is 14.2. The van der Waals surface area contributed by atoms with Crippen LogP contribution in [0.2, 0.25) is 0 Å². The van der Waals surface area contributed by atoms with Gasteiger partial charge in [-0.2, -0.15) is 0 Å². The van der Waals surface area contributed by atoms with E-state index in [2.05, 4.69) is 62.3 Å². The van der Waals surface area contributed by atoms with Crippen LogP contribution in [0.4, 0.5) is 0 Å². The van der Waals surface area contributed by atoms with Gasteiger partial charge in [-0.25, -0.2) is 4.79 Å². The molecule has 7 nitrogen and oxygen atoms in total. The highest BCUT2D eigenvalue weighted by Crippen LogP contribution is 2.24. The number of carbonyl (C=O) groups is 3. The largest absolute Gasteiger partial charge is 0.466 e. The summed E-state index contributed by atoms with van der Waals surface area (Å²) in [5.74, 6) is 0.105. The first-order chi connectivity index (χ1) is 17.3. The Labute approximate surface area is 226 Å². The van der Waals surface area contributed by atoms with Crippen molar-refractivity contribution in [2.75, 3.05) is 19.8 Å². The molecule has 0 saturated heterocycles. The maximum Gasteiger partial charge on any atom is 0.339 e. The Morgan fingerprint density at radius 2 is 0.865 bits per heavy atom. The molecule has 0 radical (unpaired) electrons. The molecule has 0 rings (SSSR count). The number of aliphatic hydroxyl groups is 1. The Morgan fingerprint density at radius 3 is 1.16 bits per heavy atom. The molecule has 0 saturated carbocycles. The van der Waals surface area contributed by atoms with Crippen LogP contribution in [-0.2, 0) is 28.6 Å². The van der Waals surface area contributed by atoms with Crippen molar-refractivity contribution in [1.29, 1.82) is 0 Å². The predicted molar refractivity (Wildman–Crippen MR) is 147 cm³/mol. The van der Waals surface area contributed by atoms with E-state index >= 15 is 0 Å². The second kappa shape index (κ2) is 18.6. The minimum Gasteiger partial charge on any atom is -0.466 e. The van der Waals surface area contributed by atoms with Gasteiger partial charge in [0.15, 0.2) is 5.60 Å². The molecule has 0 aliphatic heterocycles. The van der Waals surface area contributed by atoms with Gasteiger partial charge in [-0.05, 0) is 54.8 Å². The average Bonchev–Trinajstić information content (AvgIpc) is 2.86. The third-order valence-corrected chi connectivity index (χ3v) is 8.58. The first kappa shape index (κ1) is 35.4. The lowest BCUT2D eigenvalue weighted by molar-refractivity contribution is -0.178. The fraction of sp³-hybridized carbons (Fsp3) is 0.900. The van der Waals surface area contributed by atoms with E-state index in [4.69, 9.17) is 14.2 Å². The maximum atomic E-state index is 12.9. The van der Waals surface area contributed by atoms with Crippen molar-refractivity contribution in [3.05, 3.63) is 0 Å². The quantitative estimate of drug-likeness (QED) is 0.145. The topological polar surface area (TPSA) is 99.1 Å². The van der Waals surface area contributed by atoms with Crippen molar-refractivity contribution in [1.82, 2.24) is 0 Å². The predicted octanol–water partition coefficient (Wildman–Crippen LogP) is 6.34. The minimum atomic E-state index is -2.32. The SMILES string of the molecule is CCC(C)C(C)CCOC(=O)CC(O)(CC(=O)OCCC(C)C(C)CC)C(=O)OCCC(C)C(C)CC. The molecular formula is C30H56O7. The monoisotopic (exact) mass is 528 g/mol. The summed E-state index contributed by atoms with van der Waals surface area (Å²) in [6.45, 7) is 19.6. The number of rotatable bonds is 20. The smallest absolute Gasteiger partial charge is 0.339 e. The Morgan fingerprint density at radius 1 is 0.568 bits per heavy atom. The van der Waals surface area contributed by atoms with Crippen molar-refractivity contribution >= 4 is 17.9 Å². The molecular weight excluding hydrogens is 472 g/mol. The first-order valence-electron chi connectivity index (χ1n) is 14.5. The molecule has 0 aromatic heterocycles. The zero-order valence-corrected chi connectivity index (χ0v) is 25.1. The van der Waals surface area contributed by atoms with E-state index in [-0.39, 0.29) is 19.8 Å². The summed E-state index contributed by atoms with van der Waals surface area (Å²) >= 11 is 0. The van der Waals surface area contributed by atoms with Crippen LogP contribution in [0.15, 0.2) is 0 Å². The Balaban J connectivity index is 5.12. The van der Waals surface area contributed by atoms with Crippen LogP contribution in [0.5, 0.6) is 0 Å². The Bertz CT molecular complexity index is 626. The van der Waals surface area contributed by atoms with E-state index in [0.29, 0.717) is 54.8 Å². The van der Waals surface area contributed by atoms with E-state index < -0.39 is 36.4 Å². The molecule has 0 aromatic carbocycles. The molecule has 0 bridgehead atoms. The highest BCUT2D eigenvalue weighted by molar-refractivity contribution is 5.90. The first-order valence-corrected chi connectivity index (χ1v) is 14.5. The molecule has 0 aromatic rings. The fourth-order valence-electron chi connectivity index (χ4n) is 4.04. The maximum absolute atomic E-state index is 12.9. The summed E-state index contributed by atoms with van der Waals surface area (Å²) in [6.07, 6.45) is 3.80. The molecule has 218 valence electrons. The second-order valence-electron chi connectivity index (χ2n) is 11.4. The zero-order chi connectivity index (χ0) is 28.6. The van der Waals surface area contributed by atoms with Crippen LogP contribution < -0.4 is 0 Å². The molecule has 6 atom stereocenters. The molecule has 0 aliphatic rings. The van der Waals surface area contributed by atoms with Crippen LogP contribution in [-0.4, -0.2) is 48.4 Å². The third-order valence-electron chi connectivity index (χ3n) is 8.58. The van der Waals surface area contributed by atoms with Gasteiger partial charge in [0.25, 0.3) is 0 Å². The lowest BCUT2D eigenvalue weighted by Crippen LogP contribution is -2.45. The van der Waals surface area contributed by atoms with Crippen LogP contribution in [0.3, 0.4) is 0 Å². The van der Waals surface area contributed by atoms with Crippen molar-refractivity contribution < 1.29 is 33.7 Å². The summed E-state index contributed by atoms with van der Waals surface area (Å²) in [5, 5.41) is 11.1. The Hall–Kier alpha value is -1.63. The summed E-state index contributed by atoms with van der Waals surface area (Å²) in [4.78, 5) is 38.0. The van der Waals surface area contributed by atoms with Crippen LogP contribution in [0, 0.1) is 35.5 Å². The Kier molecular flexibility index (Phi) is 17.8. The number of hydrogen-bond acceptors (Lipinski definition) is 7.